The van der Waals surface area contributed by atoms with Gasteiger partial charge in [0.2, 0.25) is 0 Å². The summed E-state index contributed by atoms with van der Waals surface area (Å²) in [6, 6.07) is 7.54. The molecule has 3 rings (SSSR count). The zero-order valence-electron chi connectivity index (χ0n) is 13.3. The number of nitro groups is 1. The molecule has 1 heterocycles. The van der Waals surface area contributed by atoms with E-state index in [0.717, 1.165) is 0 Å². The molecule has 2 aromatic rings. The number of rotatable bonds is 4. The number of nitro benzene ring substituents is 1. The van der Waals surface area contributed by atoms with Crippen LogP contribution in [0.2, 0.25) is 5.02 Å². The molecule has 8 nitrogen and oxygen atoms in total. The van der Waals surface area contributed by atoms with E-state index in [1.54, 1.807) is 12.1 Å². The first-order valence-electron chi connectivity index (χ1n) is 7.22. The average molecular weight is 364 g/mol. The summed E-state index contributed by atoms with van der Waals surface area (Å²) in [4.78, 5) is 23.3. The van der Waals surface area contributed by atoms with Crippen molar-refractivity contribution in [3.05, 3.63) is 56.6 Å². The van der Waals surface area contributed by atoms with Crippen molar-refractivity contribution in [2.45, 2.75) is 6.17 Å². The van der Waals surface area contributed by atoms with Crippen molar-refractivity contribution >= 4 is 28.9 Å². The molecule has 2 N–H and O–H groups in total. The number of carbonyl (C=O) groups is 1. The highest BCUT2D eigenvalue weighted by atomic mass is 35.5. The maximum Gasteiger partial charge on any atom is 0.280 e. The smallest absolute Gasteiger partial charge is 0.280 e. The van der Waals surface area contributed by atoms with Gasteiger partial charge in [-0.3, -0.25) is 14.9 Å². The van der Waals surface area contributed by atoms with Gasteiger partial charge in [0.25, 0.3) is 11.6 Å². The highest BCUT2D eigenvalue weighted by Crippen LogP contribution is 2.39. The summed E-state index contributed by atoms with van der Waals surface area (Å²) in [6.07, 6.45) is -0.804. The number of anilines is 1. The lowest BCUT2D eigenvalue weighted by atomic mass is 10.0. The lowest BCUT2D eigenvalue weighted by Gasteiger charge is -2.28. The second kappa shape index (κ2) is 6.48. The summed E-state index contributed by atoms with van der Waals surface area (Å²) in [5.74, 6) is 0.165. The number of ether oxygens (including phenoxy) is 2. The van der Waals surface area contributed by atoms with E-state index in [-0.39, 0.29) is 22.9 Å². The predicted octanol–water partition coefficient (Wildman–Crippen LogP) is 3.12. The Bertz CT molecular complexity index is 871. The molecule has 2 aromatic carbocycles. The lowest BCUT2D eigenvalue weighted by molar-refractivity contribution is -0.385. The fourth-order valence-corrected chi connectivity index (χ4v) is 2.83. The van der Waals surface area contributed by atoms with Gasteiger partial charge < -0.3 is 20.1 Å². The molecule has 0 fully saturated rings. The number of halogens is 1. The van der Waals surface area contributed by atoms with Crippen LogP contribution >= 0.6 is 11.6 Å². The summed E-state index contributed by atoms with van der Waals surface area (Å²) in [6.45, 7) is 0. The van der Waals surface area contributed by atoms with E-state index in [1.165, 1.54) is 32.4 Å². The molecule has 1 unspecified atom stereocenters. The minimum absolute atomic E-state index is 0.201. The number of hydrogen-bond acceptors (Lipinski definition) is 6. The first kappa shape index (κ1) is 16.8. The van der Waals surface area contributed by atoms with Crippen molar-refractivity contribution in [3.63, 3.8) is 0 Å². The van der Waals surface area contributed by atoms with E-state index in [9.17, 15) is 14.9 Å². The lowest BCUT2D eigenvalue weighted by Crippen LogP contribution is -2.38. The summed E-state index contributed by atoms with van der Waals surface area (Å²) in [7, 11) is 2.82. The Labute approximate surface area is 147 Å². The van der Waals surface area contributed by atoms with Gasteiger partial charge >= 0.3 is 0 Å². The monoisotopic (exact) mass is 363 g/mol. The molecule has 0 spiro atoms. The maximum atomic E-state index is 12.3. The molecule has 25 heavy (non-hydrogen) atoms. The summed E-state index contributed by atoms with van der Waals surface area (Å²) in [5.41, 5.74) is 0.943. The Morgan fingerprint density at radius 2 is 1.80 bits per heavy atom. The van der Waals surface area contributed by atoms with Crippen LogP contribution in [0, 0.1) is 10.1 Å². The fraction of sp³-hybridized carbons (Fsp3) is 0.188. The molecule has 1 aliphatic rings. The van der Waals surface area contributed by atoms with Crippen LogP contribution in [0.25, 0.3) is 0 Å². The minimum Gasteiger partial charge on any atom is -0.493 e. The van der Waals surface area contributed by atoms with Crippen molar-refractivity contribution in [3.8, 4) is 11.5 Å². The topological polar surface area (TPSA) is 103 Å². The second-order valence-electron chi connectivity index (χ2n) is 5.26. The van der Waals surface area contributed by atoms with Gasteiger partial charge in [-0.05, 0) is 24.3 Å². The largest absolute Gasteiger partial charge is 0.493 e. The van der Waals surface area contributed by atoms with Gasteiger partial charge in [0.1, 0.15) is 6.17 Å². The molecule has 0 saturated heterocycles. The molecule has 130 valence electrons. The van der Waals surface area contributed by atoms with E-state index in [1.807, 2.05) is 0 Å². The van der Waals surface area contributed by atoms with Gasteiger partial charge in [-0.2, -0.15) is 0 Å². The predicted molar refractivity (Wildman–Crippen MR) is 91.5 cm³/mol. The number of benzene rings is 2. The Kier molecular flexibility index (Phi) is 4.37. The maximum absolute atomic E-state index is 12.3. The molecule has 0 bridgehead atoms. The van der Waals surface area contributed by atoms with E-state index in [4.69, 9.17) is 21.1 Å². The van der Waals surface area contributed by atoms with Crippen LogP contribution in [-0.4, -0.2) is 25.1 Å². The minimum atomic E-state index is -0.804. The SMILES string of the molecule is COc1cc(C2NC(=O)c3cc(Cl)ccc3N2)c([N+](=O)[O-])cc1OC. The third kappa shape index (κ3) is 3.03. The van der Waals surface area contributed by atoms with Gasteiger partial charge in [-0.25, -0.2) is 0 Å². The number of hydrogen-bond donors (Lipinski definition) is 2. The molecule has 0 aromatic heterocycles. The normalized spacial score (nSPS) is 15.6. The zero-order valence-corrected chi connectivity index (χ0v) is 14.1. The molecule has 1 aliphatic heterocycles. The summed E-state index contributed by atoms with van der Waals surface area (Å²) in [5, 5.41) is 17.6. The number of carbonyl (C=O) groups excluding carboxylic acids is 1. The number of nitrogens with zero attached hydrogens (tertiary/aromatic N) is 1. The van der Waals surface area contributed by atoms with Gasteiger partial charge in [0.15, 0.2) is 11.5 Å². The molecule has 9 heteroatoms. The number of methoxy groups -OCH3 is 2. The quantitative estimate of drug-likeness (QED) is 0.639. The highest BCUT2D eigenvalue weighted by Gasteiger charge is 2.31. The third-order valence-electron chi connectivity index (χ3n) is 3.84. The number of nitrogens with one attached hydrogen (secondary N) is 2. The molecule has 1 atom stereocenters. The van der Waals surface area contributed by atoms with E-state index in [2.05, 4.69) is 10.6 Å². The van der Waals surface area contributed by atoms with Crippen LogP contribution < -0.4 is 20.1 Å². The van der Waals surface area contributed by atoms with Crippen molar-refractivity contribution in [1.29, 1.82) is 0 Å². The van der Waals surface area contributed by atoms with Crippen LogP contribution in [0.15, 0.2) is 30.3 Å². The summed E-state index contributed by atoms with van der Waals surface area (Å²) < 4.78 is 10.3. The molecule has 0 aliphatic carbocycles. The Morgan fingerprint density at radius 1 is 1.12 bits per heavy atom. The van der Waals surface area contributed by atoms with Crippen LogP contribution in [0.1, 0.15) is 22.1 Å². The van der Waals surface area contributed by atoms with Gasteiger partial charge in [-0.15, -0.1) is 0 Å². The fourth-order valence-electron chi connectivity index (χ4n) is 2.66. The van der Waals surface area contributed by atoms with Crippen LogP contribution in [0.5, 0.6) is 11.5 Å². The third-order valence-corrected chi connectivity index (χ3v) is 4.08. The second-order valence-corrected chi connectivity index (χ2v) is 5.70. The molecule has 1 amide bonds. The van der Waals surface area contributed by atoms with E-state index >= 15 is 0 Å². The van der Waals surface area contributed by atoms with Gasteiger partial charge in [-0.1, -0.05) is 11.6 Å². The van der Waals surface area contributed by atoms with Crippen LogP contribution in [0.4, 0.5) is 11.4 Å². The van der Waals surface area contributed by atoms with E-state index in [0.29, 0.717) is 22.0 Å². The number of amides is 1. The molecular formula is C16H14ClN3O5. The number of fused-ring (bicyclic) bond motifs is 1. The average Bonchev–Trinajstić information content (AvgIpc) is 2.60. The first-order chi connectivity index (χ1) is 11.9. The first-order valence-corrected chi connectivity index (χ1v) is 7.59. The zero-order chi connectivity index (χ0) is 18.1. The molecule has 0 saturated carbocycles. The van der Waals surface area contributed by atoms with Crippen molar-refractivity contribution in [2.24, 2.45) is 0 Å². The molecule has 0 radical (unpaired) electrons. The van der Waals surface area contributed by atoms with Crippen molar-refractivity contribution in [2.75, 3.05) is 19.5 Å². The van der Waals surface area contributed by atoms with Crippen LogP contribution in [0.3, 0.4) is 0 Å². The van der Waals surface area contributed by atoms with Gasteiger partial charge in [0.05, 0.1) is 36.3 Å². The Morgan fingerprint density at radius 3 is 2.44 bits per heavy atom. The van der Waals surface area contributed by atoms with Crippen LogP contribution in [-0.2, 0) is 0 Å². The Hall–Kier alpha value is -3.00. The highest BCUT2D eigenvalue weighted by molar-refractivity contribution is 6.31. The molecular weight excluding hydrogens is 350 g/mol. The van der Waals surface area contributed by atoms with Crippen molar-refractivity contribution < 1.29 is 19.2 Å². The standard InChI is InChI=1S/C16H14ClN3O5/c1-24-13-6-10(12(20(22)23)7-14(13)25-2)15-18-11-4-3-8(17)5-9(11)16(21)19-15/h3-7,15,18H,1-2H3,(H,19,21). The Balaban J connectivity index is 2.09. The van der Waals surface area contributed by atoms with Crippen molar-refractivity contribution in [1.82, 2.24) is 5.32 Å². The summed E-state index contributed by atoms with van der Waals surface area (Å²) >= 11 is 5.91. The van der Waals surface area contributed by atoms with E-state index < -0.39 is 11.1 Å². The van der Waals surface area contributed by atoms with Gasteiger partial charge in [0, 0.05) is 10.7 Å².